The summed E-state index contributed by atoms with van der Waals surface area (Å²) in [5, 5.41) is 2.76. The van der Waals surface area contributed by atoms with Crippen molar-refractivity contribution in [1.29, 1.82) is 0 Å². The first-order chi connectivity index (χ1) is 8.15. The first-order valence-corrected chi connectivity index (χ1v) is 5.74. The van der Waals surface area contributed by atoms with Crippen LogP contribution in [0.15, 0.2) is 18.3 Å². The van der Waals surface area contributed by atoms with Crippen molar-refractivity contribution in [3.63, 3.8) is 0 Å². The van der Waals surface area contributed by atoms with Crippen molar-refractivity contribution < 1.29 is 9.53 Å². The van der Waals surface area contributed by atoms with Crippen LogP contribution >= 0.6 is 0 Å². The molecule has 0 aliphatic carbocycles. The van der Waals surface area contributed by atoms with Crippen LogP contribution in [0.25, 0.3) is 0 Å². The minimum absolute atomic E-state index is 0.0473. The van der Waals surface area contributed by atoms with Crippen LogP contribution < -0.4 is 15.8 Å². The normalized spacial score (nSPS) is 11.9. The molecule has 0 spiro atoms. The van der Waals surface area contributed by atoms with E-state index in [0.29, 0.717) is 31.1 Å². The third-order valence-corrected chi connectivity index (χ3v) is 2.25. The zero-order valence-electron chi connectivity index (χ0n) is 10.3. The fourth-order valence-electron chi connectivity index (χ4n) is 1.30. The van der Waals surface area contributed by atoms with Gasteiger partial charge in [-0.3, -0.25) is 4.79 Å². The van der Waals surface area contributed by atoms with Crippen LogP contribution in [0.4, 0.5) is 5.69 Å². The highest BCUT2D eigenvalue weighted by atomic mass is 16.5. The summed E-state index contributed by atoms with van der Waals surface area (Å²) >= 11 is 0. The van der Waals surface area contributed by atoms with Gasteiger partial charge in [-0.25, -0.2) is 4.98 Å². The molecule has 0 saturated carbocycles. The average molecular weight is 237 g/mol. The Bertz CT molecular complexity index is 351. The second-order valence-electron chi connectivity index (χ2n) is 3.91. The summed E-state index contributed by atoms with van der Waals surface area (Å²) in [6, 6.07) is 3.49. The van der Waals surface area contributed by atoms with Crippen molar-refractivity contribution in [2.24, 2.45) is 11.7 Å². The molecule has 3 N–H and O–H groups in total. The zero-order chi connectivity index (χ0) is 12.7. The number of anilines is 1. The van der Waals surface area contributed by atoms with Crippen molar-refractivity contribution in [2.75, 3.05) is 18.5 Å². The number of nitrogens with one attached hydrogen (secondary N) is 1. The Balaban J connectivity index is 2.48. The van der Waals surface area contributed by atoms with E-state index in [0.717, 1.165) is 0 Å². The van der Waals surface area contributed by atoms with Gasteiger partial charge in [0.2, 0.25) is 11.8 Å². The van der Waals surface area contributed by atoms with E-state index in [4.69, 9.17) is 10.5 Å². The molecule has 0 radical (unpaired) electrons. The van der Waals surface area contributed by atoms with Crippen LogP contribution in [0, 0.1) is 5.92 Å². The number of rotatable bonds is 6. The van der Waals surface area contributed by atoms with E-state index in [1.165, 1.54) is 0 Å². The molecule has 1 aromatic rings. The first-order valence-electron chi connectivity index (χ1n) is 5.74. The maximum absolute atomic E-state index is 11.6. The van der Waals surface area contributed by atoms with E-state index >= 15 is 0 Å². The molecule has 1 unspecified atom stereocenters. The lowest BCUT2D eigenvalue weighted by atomic mass is 10.1. The highest BCUT2D eigenvalue weighted by Gasteiger charge is 2.07. The predicted octanol–water partition coefficient (Wildman–Crippen LogP) is 1.40. The number of ether oxygens (including phenoxy) is 1. The van der Waals surface area contributed by atoms with Crippen LogP contribution in [-0.4, -0.2) is 24.0 Å². The largest absolute Gasteiger partial charge is 0.478 e. The number of pyridine rings is 1. The highest BCUT2D eigenvalue weighted by molar-refractivity contribution is 5.90. The number of aromatic nitrogens is 1. The molecule has 0 aliphatic rings. The first kappa shape index (κ1) is 13.4. The number of amides is 1. The Morgan fingerprint density at radius 1 is 1.59 bits per heavy atom. The van der Waals surface area contributed by atoms with Crippen molar-refractivity contribution in [1.82, 2.24) is 4.98 Å². The Morgan fingerprint density at radius 3 is 2.88 bits per heavy atom. The van der Waals surface area contributed by atoms with Gasteiger partial charge in [-0.1, -0.05) is 6.92 Å². The lowest BCUT2D eigenvalue weighted by molar-refractivity contribution is -0.116. The van der Waals surface area contributed by atoms with E-state index in [-0.39, 0.29) is 11.8 Å². The number of nitrogens with two attached hydrogens (primary N) is 1. The second kappa shape index (κ2) is 6.85. The molecule has 1 atom stereocenters. The number of hydrogen-bond acceptors (Lipinski definition) is 4. The van der Waals surface area contributed by atoms with E-state index in [2.05, 4.69) is 10.3 Å². The number of carbonyl (C=O) groups is 1. The Labute approximate surface area is 101 Å². The summed E-state index contributed by atoms with van der Waals surface area (Å²) in [5.41, 5.74) is 6.13. The molecule has 0 aromatic carbocycles. The molecule has 5 nitrogen and oxygen atoms in total. The van der Waals surface area contributed by atoms with Gasteiger partial charge in [-0.05, 0) is 25.5 Å². The standard InChI is InChI=1S/C12H19N3O2/c1-3-17-12-5-4-10(8-14-12)15-11(16)6-9(2)7-13/h4-5,8-9H,3,6-7,13H2,1-2H3,(H,15,16). The van der Waals surface area contributed by atoms with Gasteiger partial charge >= 0.3 is 0 Å². The van der Waals surface area contributed by atoms with Gasteiger partial charge in [0.1, 0.15) is 0 Å². The highest BCUT2D eigenvalue weighted by Crippen LogP contribution is 2.12. The van der Waals surface area contributed by atoms with Gasteiger partial charge in [0.25, 0.3) is 0 Å². The molecule has 0 aliphatic heterocycles. The molecular weight excluding hydrogens is 218 g/mol. The van der Waals surface area contributed by atoms with Crippen molar-refractivity contribution in [3.05, 3.63) is 18.3 Å². The van der Waals surface area contributed by atoms with Gasteiger partial charge in [-0.2, -0.15) is 0 Å². The van der Waals surface area contributed by atoms with E-state index < -0.39 is 0 Å². The van der Waals surface area contributed by atoms with Gasteiger partial charge in [0.05, 0.1) is 18.5 Å². The number of nitrogens with zero attached hydrogens (tertiary/aromatic N) is 1. The second-order valence-corrected chi connectivity index (χ2v) is 3.91. The van der Waals surface area contributed by atoms with E-state index in [9.17, 15) is 4.79 Å². The van der Waals surface area contributed by atoms with Crippen molar-refractivity contribution >= 4 is 11.6 Å². The van der Waals surface area contributed by atoms with E-state index in [1.807, 2.05) is 13.8 Å². The molecule has 1 amide bonds. The molecular formula is C12H19N3O2. The third kappa shape index (κ3) is 4.82. The molecule has 17 heavy (non-hydrogen) atoms. The molecule has 0 saturated heterocycles. The van der Waals surface area contributed by atoms with Crippen LogP contribution in [0.1, 0.15) is 20.3 Å². The molecule has 1 aromatic heterocycles. The summed E-state index contributed by atoms with van der Waals surface area (Å²) in [7, 11) is 0. The predicted molar refractivity (Wildman–Crippen MR) is 66.9 cm³/mol. The van der Waals surface area contributed by atoms with E-state index in [1.54, 1.807) is 18.3 Å². The Morgan fingerprint density at radius 2 is 2.35 bits per heavy atom. The van der Waals surface area contributed by atoms with Crippen LogP contribution in [0.3, 0.4) is 0 Å². The number of carbonyl (C=O) groups excluding carboxylic acids is 1. The smallest absolute Gasteiger partial charge is 0.224 e. The van der Waals surface area contributed by atoms with Gasteiger partial charge in [-0.15, -0.1) is 0 Å². The minimum Gasteiger partial charge on any atom is -0.478 e. The summed E-state index contributed by atoms with van der Waals surface area (Å²) < 4.78 is 5.21. The molecule has 0 bridgehead atoms. The monoisotopic (exact) mass is 237 g/mol. The number of hydrogen-bond donors (Lipinski definition) is 2. The average Bonchev–Trinajstić information content (AvgIpc) is 2.31. The zero-order valence-corrected chi connectivity index (χ0v) is 10.3. The molecule has 1 rings (SSSR count). The van der Waals surface area contributed by atoms with Gasteiger partial charge in [0, 0.05) is 12.5 Å². The Kier molecular flexibility index (Phi) is 5.42. The van der Waals surface area contributed by atoms with Gasteiger partial charge in [0.15, 0.2) is 0 Å². The summed E-state index contributed by atoms with van der Waals surface area (Å²) in [4.78, 5) is 15.6. The maximum Gasteiger partial charge on any atom is 0.224 e. The molecule has 94 valence electrons. The lowest BCUT2D eigenvalue weighted by Gasteiger charge is -2.09. The molecule has 1 heterocycles. The quantitative estimate of drug-likeness (QED) is 0.784. The molecule has 5 heteroatoms. The van der Waals surface area contributed by atoms with Crippen LogP contribution in [0.2, 0.25) is 0 Å². The Hall–Kier alpha value is -1.62. The minimum atomic E-state index is -0.0473. The van der Waals surface area contributed by atoms with Crippen molar-refractivity contribution in [3.8, 4) is 5.88 Å². The van der Waals surface area contributed by atoms with Gasteiger partial charge < -0.3 is 15.8 Å². The molecule has 0 fully saturated rings. The topological polar surface area (TPSA) is 77.2 Å². The van der Waals surface area contributed by atoms with Crippen LogP contribution in [-0.2, 0) is 4.79 Å². The van der Waals surface area contributed by atoms with Crippen molar-refractivity contribution in [2.45, 2.75) is 20.3 Å². The third-order valence-electron chi connectivity index (χ3n) is 2.25. The SMILES string of the molecule is CCOc1ccc(NC(=O)CC(C)CN)cn1. The lowest BCUT2D eigenvalue weighted by Crippen LogP contribution is -2.20. The summed E-state index contributed by atoms with van der Waals surface area (Å²) in [5.74, 6) is 0.695. The fourth-order valence-corrected chi connectivity index (χ4v) is 1.30. The summed E-state index contributed by atoms with van der Waals surface area (Å²) in [6.07, 6.45) is 2.00. The van der Waals surface area contributed by atoms with Crippen LogP contribution in [0.5, 0.6) is 5.88 Å². The fraction of sp³-hybridized carbons (Fsp3) is 0.500. The maximum atomic E-state index is 11.6. The summed E-state index contributed by atoms with van der Waals surface area (Å²) in [6.45, 7) is 4.92.